The summed E-state index contributed by atoms with van der Waals surface area (Å²) in [6.07, 6.45) is 1.81. The molecule has 0 unspecified atom stereocenters. The molecule has 1 aliphatic heterocycles. The molecule has 0 spiro atoms. The summed E-state index contributed by atoms with van der Waals surface area (Å²) in [5, 5.41) is 9.45. The van der Waals surface area contributed by atoms with Gasteiger partial charge in [-0.2, -0.15) is 0 Å². The molecule has 5 heteroatoms. The summed E-state index contributed by atoms with van der Waals surface area (Å²) in [7, 11) is 0. The minimum atomic E-state index is -0.183. The molecule has 2 amide bonds. The maximum absolute atomic E-state index is 12.1. The van der Waals surface area contributed by atoms with Crippen LogP contribution in [0.15, 0.2) is 18.2 Å². The van der Waals surface area contributed by atoms with Gasteiger partial charge in [0.05, 0.1) is 0 Å². The van der Waals surface area contributed by atoms with Gasteiger partial charge in [-0.05, 0) is 77.6 Å². The number of carbonyl (C=O) groups excluding carboxylic acids is 1. The summed E-state index contributed by atoms with van der Waals surface area (Å²) < 4.78 is 5.60. The first kappa shape index (κ1) is 18.6. The number of nitrogens with one attached hydrogen (secondary N) is 3. The molecule has 24 heavy (non-hydrogen) atoms. The van der Waals surface area contributed by atoms with E-state index in [1.807, 2.05) is 25.1 Å². The highest BCUT2D eigenvalue weighted by atomic mass is 16.5. The summed E-state index contributed by atoms with van der Waals surface area (Å²) in [6.45, 7) is 12.9. The van der Waals surface area contributed by atoms with Crippen LogP contribution in [0.4, 0.5) is 4.79 Å². The van der Waals surface area contributed by atoms with Gasteiger partial charge in [0, 0.05) is 17.1 Å². The summed E-state index contributed by atoms with van der Waals surface area (Å²) in [5.41, 5.74) is 2.42. The van der Waals surface area contributed by atoms with Gasteiger partial charge in [-0.15, -0.1) is 0 Å². The Hall–Kier alpha value is -1.75. The maximum atomic E-state index is 12.1. The van der Waals surface area contributed by atoms with Crippen LogP contribution < -0.4 is 20.7 Å². The van der Waals surface area contributed by atoms with E-state index in [1.54, 1.807) is 0 Å². The van der Waals surface area contributed by atoms with Crippen molar-refractivity contribution < 1.29 is 9.53 Å². The molecule has 1 aromatic carbocycles. The number of carbonyl (C=O) groups is 1. The zero-order chi connectivity index (χ0) is 18.0. The second-order valence-corrected chi connectivity index (χ2v) is 8.18. The van der Waals surface area contributed by atoms with Gasteiger partial charge >= 0.3 is 6.03 Å². The first-order valence-electron chi connectivity index (χ1n) is 8.60. The lowest BCUT2D eigenvalue weighted by Gasteiger charge is -2.46. The minimum absolute atomic E-state index is 0.00955. The van der Waals surface area contributed by atoms with Crippen molar-refractivity contribution in [2.24, 2.45) is 0 Å². The van der Waals surface area contributed by atoms with Crippen molar-refractivity contribution >= 4 is 6.03 Å². The molecule has 5 nitrogen and oxygen atoms in total. The van der Waals surface area contributed by atoms with Gasteiger partial charge in [-0.3, -0.25) is 0 Å². The standard InChI is InChI=1S/C19H31N3O2/c1-13-7-8-16(9-14(13)2)24-12-20-17(23)21-15-10-18(3,4)22-19(5,6)11-15/h7-9,15,22H,10-12H2,1-6H3,(H2,20,21,23). The molecular weight excluding hydrogens is 302 g/mol. The molecule has 0 saturated carbocycles. The molecule has 2 rings (SSSR count). The van der Waals surface area contributed by atoms with E-state index < -0.39 is 0 Å². The average Bonchev–Trinajstić information content (AvgIpc) is 2.39. The van der Waals surface area contributed by atoms with Crippen LogP contribution in [0.3, 0.4) is 0 Å². The Bertz CT molecular complexity index is 580. The third kappa shape index (κ3) is 5.41. The van der Waals surface area contributed by atoms with Gasteiger partial charge in [0.15, 0.2) is 6.73 Å². The summed E-state index contributed by atoms with van der Waals surface area (Å²) in [5.74, 6) is 0.766. The number of hydrogen-bond acceptors (Lipinski definition) is 3. The number of rotatable bonds is 4. The number of benzene rings is 1. The predicted octanol–water partition coefficient (Wildman–Crippen LogP) is 3.25. The zero-order valence-corrected chi connectivity index (χ0v) is 15.7. The van der Waals surface area contributed by atoms with Gasteiger partial charge in [-0.25, -0.2) is 4.79 Å². The van der Waals surface area contributed by atoms with Crippen LogP contribution in [0, 0.1) is 13.8 Å². The normalized spacial score (nSPS) is 19.6. The monoisotopic (exact) mass is 333 g/mol. The van der Waals surface area contributed by atoms with E-state index in [0.717, 1.165) is 18.6 Å². The van der Waals surface area contributed by atoms with Crippen molar-refractivity contribution in [1.82, 2.24) is 16.0 Å². The van der Waals surface area contributed by atoms with Gasteiger partial charge in [0.1, 0.15) is 5.75 Å². The van der Waals surface area contributed by atoms with E-state index >= 15 is 0 Å². The van der Waals surface area contributed by atoms with Crippen LogP contribution in [0.2, 0.25) is 0 Å². The third-order valence-electron chi connectivity index (χ3n) is 4.48. The van der Waals surface area contributed by atoms with Crippen LogP contribution in [0.5, 0.6) is 5.75 Å². The van der Waals surface area contributed by atoms with Crippen LogP contribution in [-0.2, 0) is 0 Å². The molecule has 1 aromatic rings. The van der Waals surface area contributed by atoms with Crippen molar-refractivity contribution in [3.8, 4) is 5.75 Å². The van der Waals surface area contributed by atoms with E-state index in [0.29, 0.717) is 0 Å². The van der Waals surface area contributed by atoms with Crippen molar-refractivity contribution in [2.75, 3.05) is 6.73 Å². The lowest BCUT2D eigenvalue weighted by Crippen LogP contribution is -2.62. The molecule has 0 aliphatic carbocycles. The van der Waals surface area contributed by atoms with E-state index in [2.05, 4.69) is 50.6 Å². The second kappa shape index (κ2) is 7.01. The van der Waals surface area contributed by atoms with Crippen LogP contribution in [-0.4, -0.2) is 29.9 Å². The van der Waals surface area contributed by atoms with E-state index in [-0.39, 0.29) is 29.9 Å². The first-order chi connectivity index (χ1) is 11.1. The smallest absolute Gasteiger partial charge is 0.317 e. The quantitative estimate of drug-likeness (QED) is 0.741. The van der Waals surface area contributed by atoms with E-state index in [1.165, 1.54) is 11.1 Å². The molecule has 134 valence electrons. The van der Waals surface area contributed by atoms with Gasteiger partial charge in [0.2, 0.25) is 0 Å². The molecule has 0 atom stereocenters. The van der Waals surface area contributed by atoms with Crippen molar-refractivity contribution in [2.45, 2.75) is 71.5 Å². The van der Waals surface area contributed by atoms with E-state index in [4.69, 9.17) is 4.74 Å². The molecule has 0 radical (unpaired) electrons. The second-order valence-electron chi connectivity index (χ2n) is 8.18. The molecule has 1 saturated heterocycles. The van der Waals surface area contributed by atoms with Crippen molar-refractivity contribution in [1.29, 1.82) is 0 Å². The predicted molar refractivity (Wildman–Crippen MR) is 97.4 cm³/mol. The highest BCUT2D eigenvalue weighted by Crippen LogP contribution is 2.28. The first-order valence-corrected chi connectivity index (χ1v) is 8.60. The molecular formula is C19H31N3O2. The van der Waals surface area contributed by atoms with Gasteiger partial charge in [-0.1, -0.05) is 6.07 Å². The zero-order valence-electron chi connectivity index (χ0n) is 15.7. The summed E-state index contributed by atoms with van der Waals surface area (Å²) in [6, 6.07) is 5.88. The Balaban J connectivity index is 1.79. The lowest BCUT2D eigenvalue weighted by molar-refractivity contribution is 0.146. The Kier molecular flexibility index (Phi) is 5.43. The topological polar surface area (TPSA) is 62.4 Å². The summed E-state index contributed by atoms with van der Waals surface area (Å²) in [4.78, 5) is 12.1. The SMILES string of the molecule is Cc1ccc(OCNC(=O)NC2CC(C)(C)NC(C)(C)C2)cc1C. The number of urea groups is 1. The van der Waals surface area contributed by atoms with Crippen LogP contribution >= 0.6 is 0 Å². The number of aryl methyl sites for hydroxylation is 2. The Morgan fingerprint density at radius 2 is 1.79 bits per heavy atom. The highest BCUT2D eigenvalue weighted by molar-refractivity contribution is 5.74. The molecule has 3 N–H and O–H groups in total. The fourth-order valence-corrected chi connectivity index (χ4v) is 3.65. The number of amides is 2. The molecule has 0 bridgehead atoms. The average molecular weight is 333 g/mol. The highest BCUT2D eigenvalue weighted by Gasteiger charge is 2.38. The fraction of sp³-hybridized carbons (Fsp3) is 0.632. The number of piperidine rings is 1. The minimum Gasteiger partial charge on any atom is -0.473 e. The number of ether oxygens (including phenoxy) is 1. The maximum Gasteiger partial charge on any atom is 0.317 e. The fourth-order valence-electron chi connectivity index (χ4n) is 3.65. The van der Waals surface area contributed by atoms with Crippen molar-refractivity contribution in [3.05, 3.63) is 29.3 Å². The van der Waals surface area contributed by atoms with E-state index in [9.17, 15) is 4.79 Å². The van der Waals surface area contributed by atoms with Crippen LogP contribution in [0.1, 0.15) is 51.7 Å². The molecule has 0 aromatic heterocycles. The Labute approximate surface area is 145 Å². The Morgan fingerprint density at radius 3 is 2.38 bits per heavy atom. The molecule has 1 fully saturated rings. The van der Waals surface area contributed by atoms with Gasteiger partial charge < -0.3 is 20.7 Å². The van der Waals surface area contributed by atoms with Crippen LogP contribution in [0.25, 0.3) is 0 Å². The number of hydrogen-bond donors (Lipinski definition) is 3. The van der Waals surface area contributed by atoms with Crippen molar-refractivity contribution in [3.63, 3.8) is 0 Å². The largest absolute Gasteiger partial charge is 0.473 e. The van der Waals surface area contributed by atoms with Gasteiger partial charge in [0.25, 0.3) is 0 Å². The lowest BCUT2D eigenvalue weighted by atomic mass is 9.80. The third-order valence-corrected chi connectivity index (χ3v) is 4.48. The molecule has 1 aliphatic rings. The summed E-state index contributed by atoms with van der Waals surface area (Å²) >= 11 is 0. The Morgan fingerprint density at radius 1 is 1.17 bits per heavy atom. The molecule has 1 heterocycles.